The lowest BCUT2D eigenvalue weighted by atomic mass is 10.1. The van der Waals surface area contributed by atoms with E-state index in [0.29, 0.717) is 12.2 Å². The van der Waals surface area contributed by atoms with Crippen molar-refractivity contribution in [3.63, 3.8) is 0 Å². The highest BCUT2D eigenvalue weighted by Crippen LogP contribution is 2.28. The zero-order valence-electron chi connectivity index (χ0n) is 10.4. The Bertz CT molecular complexity index is 695. The molecule has 0 fully saturated rings. The van der Waals surface area contributed by atoms with E-state index < -0.39 is 4.92 Å². The van der Waals surface area contributed by atoms with Gasteiger partial charge in [-0.2, -0.15) is 0 Å². The molecule has 0 N–H and O–H groups in total. The van der Waals surface area contributed by atoms with Gasteiger partial charge in [-0.25, -0.2) is 4.98 Å². The van der Waals surface area contributed by atoms with Crippen molar-refractivity contribution in [2.75, 3.05) is 0 Å². The number of hydrogen-bond acceptors (Lipinski definition) is 5. The van der Waals surface area contributed by atoms with Crippen molar-refractivity contribution >= 4 is 11.5 Å². The van der Waals surface area contributed by atoms with Gasteiger partial charge in [0.1, 0.15) is 11.9 Å². The van der Waals surface area contributed by atoms with Crippen molar-refractivity contribution in [1.29, 1.82) is 0 Å². The molecule has 100 valence electrons. The van der Waals surface area contributed by atoms with Gasteiger partial charge in [0.15, 0.2) is 5.78 Å². The molecule has 1 aliphatic rings. The van der Waals surface area contributed by atoms with Gasteiger partial charge < -0.3 is 4.74 Å². The molecule has 0 atom stereocenters. The molecule has 20 heavy (non-hydrogen) atoms. The highest BCUT2D eigenvalue weighted by molar-refractivity contribution is 6.00. The zero-order valence-corrected chi connectivity index (χ0v) is 10.4. The summed E-state index contributed by atoms with van der Waals surface area (Å²) in [4.78, 5) is 25.4. The summed E-state index contributed by atoms with van der Waals surface area (Å²) >= 11 is 0. The van der Waals surface area contributed by atoms with E-state index in [-0.39, 0.29) is 17.4 Å². The van der Waals surface area contributed by atoms with E-state index in [2.05, 4.69) is 4.98 Å². The maximum absolute atomic E-state index is 11.5. The van der Waals surface area contributed by atoms with E-state index in [4.69, 9.17) is 4.74 Å². The average Bonchev–Trinajstić information content (AvgIpc) is 2.81. The van der Waals surface area contributed by atoms with Crippen LogP contribution in [0.15, 0.2) is 36.5 Å². The van der Waals surface area contributed by atoms with E-state index in [0.717, 1.165) is 23.7 Å². The highest BCUT2D eigenvalue weighted by Gasteiger charge is 2.19. The summed E-state index contributed by atoms with van der Waals surface area (Å²) in [6.07, 6.45) is 2.40. The molecule has 6 nitrogen and oxygen atoms in total. The first-order valence-corrected chi connectivity index (χ1v) is 6.08. The number of ether oxygens (including phenoxy) is 1. The zero-order chi connectivity index (χ0) is 14.1. The highest BCUT2D eigenvalue weighted by atomic mass is 16.6. The van der Waals surface area contributed by atoms with Crippen LogP contribution in [0.25, 0.3) is 0 Å². The molecule has 3 rings (SSSR count). The molecule has 2 aromatic rings. The van der Waals surface area contributed by atoms with Gasteiger partial charge in [-0.05, 0) is 30.2 Å². The van der Waals surface area contributed by atoms with Crippen molar-refractivity contribution < 1.29 is 14.5 Å². The third-order valence-electron chi connectivity index (χ3n) is 3.15. The number of ketones is 1. The Hall–Kier alpha value is -2.76. The molecule has 1 heterocycles. The van der Waals surface area contributed by atoms with Gasteiger partial charge in [-0.15, -0.1) is 0 Å². The summed E-state index contributed by atoms with van der Waals surface area (Å²) in [6.45, 7) is 0. The molecular weight excluding hydrogens is 260 g/mol. The van der Waals surface area contributed by atoms with Gasteiger partial charge in [0.2, 0.25) is 5.88 Å². The van der Waals surface area contributed by atoms with Crippen LogP contribution in [0.3, 0.4) is 0 Å². The van der Waals surface area contributed by atoms with Crippen LogP contribution in [-0.4, -0.2) is 15.7 Å². The number of fused-ring (bicyclic) bond motifs is 1. The maximum Gasteiger partial charge on any atom is 0.287 e. The second-order valence-electron chi connectivity index (χ2n) is 4.46. The number of aryl methyl sites for hydroxylation is 1. The number of rotatable bonds is 3. The van der Waals surface area contributed by atoms with Crippen molar-refractivity contribution in [3.8, 4) is 11.6 Å². The summed E-state index contributed by atoms with van der Waals surface area (Å²) in [6, 6.07) is 8.02. The van der Waals surface area contributed by atoms with Crippen LogP contribution < -0.4 is 4.74 Å². The molecule has 1 aliphatic carbocycles. The molecule has 0 aliphatic heterocycles. The van der Waals surface area contributed by atoms with Gasteiger partial charge in [0.25, 0.3) is 5.69 Å². The van der Waals surface area contributed by atoms with Gasteiger partial charge in [0, 0.05) is 24.1 Å². The first-order chi connectivity index (χ1) is 9.63. The lowest BCUT2D eigenvalue weighted by molar-refractivity contribution is -0.385. The third kappa shape index (κ3) is 2.23. The molecule has 0 bridgehead atoms. The number of hydrogen-bond donors (Lipinski definition) is 0. The minimum Gasteiger partial charge on any atom is -0.439 e. The first-order valence-electron chi connectivity index (χ1n) is 6.08. The van der Waals surface area contributed by atoms with Crippen LogP contribution >= 0.6 is 0 Å². The SMILES string of the molecule is O=C1CCc2cc(Oc3ccc([N+](=O)[O-])cn3)ccc21. The third-order valence-corrected chi connectivity index (χ3v) is 3.15. The lowest BCUT2D eigenvalue weighted by Gasteiger charge is -2.06. The maximum atomic E-state index is 11.5. The van der Waals surface area contributed by atoms with Gasteiger partial charge in [0.05, 0.1) is 4.92 Å². The summed E-state index contributed by atoms with van der Waals surface area (Å²) < 4.78 is 5.53. The van der Waals surface area contributed by atoms with E-state index in [1.54, 1.807) is 12.1 Å². The molecule has 1 aromatic carbocycles. The molecular formula is C14H10N2O4. The molecule has 0 unspecified atom stereocenters. The fourth-order valence-corrected chi connectivity index (χ4v) is 2.16. The summed E-state index contributed by atoms with van der Waals surface area (Å²) in [5, 5.41) is 10.5. The normalized spacial score (nSPS) is 13.1. The number of nitro groups is 1. The Morgan fingerprint density at radius 2 is 2.05 bits per heavy atom. The Kier molecular flexibility index (Phi) is 2.90. The molecule has 1 aromatic heterocycles. The standard InChI is InChI=1S/C14H10N2O4/c17-13-5-1-9-7-11(3-4-12(9)13)20-14-6-2-10(8-15-14)16(18)19/h2-4,6-8H,1,5H2. The number of carbonyl (C=O) groups excluding carboxylic acids is 1. The molecule has 6 heteroatoms. The van der Waals surface area contributed by atoms with Crippen molar-refractivity contribution in [3.05, 3.63) is 57.8 Å². The predicted molar refractivity (Wildman–Crippen MR) is 70.1 cm³/mol. The molecule has 0 spiro atoms. The number of Topliss-reactive ketones (excluding diaryl/α,β-unsaturated/α-hetero) is 1. The Morgan fingerprint density at radius 3 is 2.75 bits per heavy atom. The minimum atomic E-state index is -0.516. The lowest BCUT2D eigenvalue weighted by Crippen LogP contribution is -1.93. The number of benzene rings is 1. The van der Waals surface area contributed by atoms with Crippen LogP contribution in [0.2, 0.25) is 0 Å². The first kappa shape index (κ1) is 12.3. The van der Waals surface area contributed by atoms with Gasteiger partial charge >= 0.3 is 0 Å². The summed E-state index contributed by atoms with van der Waals surface area (Å²) in [5.74, 6) is 1.000. The number of aromatic nitrogens is 1. The Labute approximate surface area is 114 Å². The van der Waals surface area contributed by atoms with Crippen LogP contribution in [-0.2, 0) is 6.42 Å². The second kappa shape index (κ2) is 4.73. The summed E-state index contributed by atoms with van der Waals surface area (Å²) in [5.41, 5.74) is 1.63. The monoisotopic (exact) mass is 270 g/mol. The van der Waals surface area contributed by atoms with E-state index in [1.807, 2.05) is 6.07 Å². The van der Waals surface area contributed by atoms with E-state index >= 15 is 0 Å². The fraction of sp³-hybridized carbons (Fsp3) is 0.143. The number of pyridine rings is 1. The van der Waals surface area contributed by atoms with Crippen LogP contribution in [0.1, 0.15) is 22.3 Å². The van der Waals surface area contributed by atoms with Gasteiger partial charge in [-0.3, -0.25) is 14.9 Å². The quantitative estimate of drug-likeness (QED) is 0.632. The van der Waals surface area contributed by atoms with Crippen LogP contribution in [0.5, 0.6) is 11.6 Å². The van der Waals surface area contributed by atoms with Gasteiger partial charge in [-0.1, -0.05) is 0 Å². The van der Waals surface area contributed by atoms with Crippen LogP contribution in [0.4, 0.5) is 5.69 Å². The predicted octanol–water partition coefficient (Wildman–Crippen LogP) is 2.91. The second-order valence-corrected chi connectivity index (χ2v) is 4.46. The molecule has 0 radical (unpaired) electrons. The number of carbonyl (C=O) groups is 1. The molecule has 0 saturated heterocycles. The largest absolute Gasteiger partial charge is 0.439 e. The number of nitrogens with zero attached hydrogens (tertiary/aromatic N) is 2. The van der Waals surface area contributed by atoms with Crippen molar-refractivity contribution in [2.24, 2.45) is 0 Å². The minimum absolute atomic E-state index is 0.0862. The average molecular weight is 270 g/mol. The van der Waals surface area contributed by atoms with Crippen LogP contribution in [0, 0.1) is 10.1 Å². The smallest absolute Gasteiger partial charge is 0.287 e. The van der Waals surface area contributed by atoms with Crippen molar-refractivity contribution in [2.45, 2.75) is 12.8 Å². The topological polar surface area (TPSA) is 82.3 Å². The van der Waals surface area contributed by atoms with E-state index in [1.165, 1.54) is 12.1 Å². The molecule has 0 saturated carbocycles. The van der Waals surface area contributed by atoms with Crippen molar-refractivity contribution in [1.82, 2.24) is 4.98 Å². The Balaban J connectivity index is 1.81. The fourth-order valence-electron chi connectivity index (χ4n) is 2.16. The van der Waals surface area contributed by atoms with E-state index in [9.17, 15) is 14.9 Å². The summed E-state index contributed by atoms with van der Waals surface area (Å²) in [7, 11) is 0. The Morgan fingerprint density at radius 1 is 1.20 bits per heavy atom. The molecule has 0 amide bonds.